The predicted octanol–water partition coefficient (Wildman–Crippen LogP) is -1.09. The summed E-state index contributed by atoms with van der Waals surface area (Å²) >= 11 is 0. The lowest BCUT2D eigenvalue weighted by atomic mass is 10.4. The van der Waals surface area contributed by atoms with Gasteiger partial charge in [-0.25, -0.2) is 8.42 Å². The molecule has 0 amide bonds. The Kier molecular flexibility index (Phi) is 4.12. The molecular formula is C6H16N2O3S. The van der Waals surface area contributed by atoms with Crippen molar-refractivity contribution in [2.75, 3.05) is 33.1 Å². The molecule has 0 aromatic heterocycles. The standard InChI is InChI=1S/C6H16N2O3S/c1-8(2,6-7)4-3-5-12(9,10)11/h3-7H2,1-2H3. The summed E-state index contributed by atoms with van der Waals surface area (Å²) in [5.41, 5.74) is 5.40. The summed E-state index contributed by atoms with van der Waals surface area (Å²) in [5.74, 6) is -0.297. The molecule has 0 radical (unpaired) electrons. The molecule has 0 fully saturated rings. The molecule has 12 heavy (non-hydrogen) atoms. The van der Waals surface area contributed by atoms with Crippen LogP contribution in [0.1, 0.15) is 6.42 Å². The van der Waals surface area contributed by atoms with Gasteiger partial charge in [0.1, 0.15) is 6.67 Å². The van der Waals surface area contributed by atoms with Gasteiger partial charge >= 0.3 is 0 Å². The summed E-state index contributed by atoms with van der Waals surface area (Å²) in [6, 6.07) is 0. The maximum Gasteiger partial charge on any atom is 0.129 e. The van der Waals surface area contributed by atoms with Crippen molar-refractivity contribution >= 4 is 10.1 Å². The van der Waals surface area contributed by atoms with Crippen LogP contribution in [0.25, 0.3) is 0 Å². The minimum Gasteiger partial charge on any atom is -0.748 e. The second-order valence-electron chi connectivity index (χ2n) is 3.46. The van der Waals surface area contributed by atoms with Crippen LogP contribution >= 0.6 is 0 Å². The lowest BCUT2D eigenvalue weighted by Crippen LogP contribution is -2.45. The molecule has 0 saturated carbocycles. The summed E-state index contributed by atoms with van der Waals surface area (Å²) in [6.45, 7) is 1.05. The van der Waals surface area contributed by atoms with Crippen LogP contribution in [0.15, 0.2) is 0 Å². The predicted molar refractivity (Wildman–Crippen MR) is 45.2 cm³/mol. The van der Waals surface area contributed by atoms with Crippen molar-refractivity contribution in [2.45, 2.75) is 6.42 Å². The van der Waals surface area contributed by atoms with Gasteiger partial charge in [0.05, 0.1) is 30.8 Å². The number of nitrogens with two attached hydrogens (primary N) is 1. The minimum atomic E-state index is -4.06. The fourth-order valence-electron chi connectivity index (χ4n) is 0.761. The molecule has 0 bridgehead atoms. The van der Waals surface area contributed by atoms with Crippen molar-refractivity contribution in [3.8, 4) is 0 Å². The van der Waals surface area contributed by atoms with Gasteiger partial charge in [-0.15, -0.1) is 0 Å². The van der Waals surface area contributed by atoms with E-state index in [4.69, 9.17) is 5.73 Å². The van der Waals surface area contributed by atoms with Crippen LogP contribution in [0.3, 0.4) is 0 Å². The fraction of sp³-hybridized carbons (Fsp3) is 1.00. The zero-order chi connectivity index (χ0) is 9.83. The van der Waals surface area contributed by atoms with Crippen LogP contribution in [-0.4, -0.2) is 50.5 Å². The Morgan fingerprint density at radius 3 is 2.25 bits per heavy atom. The highest BCUT2D eigenvalue weighted by atomic mass is 32.2. The quantitative estimate of drug-likeness (QED) is 0.344. The largest absolute Gasteiger partial charge is 0.748 e. The van der Waals surface area contributed by atoms with E-state index in [1.54, 1.807) is 0 Å². The van der Waals surface area contributed by atoms with Crippen LogP contribution in [0.2, 0.25) is 0 Å². The van der Waals surface area contributed by atoms with Gasteiger partial charge in [0.25, 0.3) is 0 Å². The van der Waals surface area contributed by atoms with E-state index < -0.39 is 10.1 Å². The molecule has 0 rings (SSSR count). The Bertz CT molecular complexity index is 223. The number of rotatable bonds is 5. The van der Waals surface area contributed by atoms with Crippen LogP contribution in [0.4, 0.5) is 0 Å². The highest BCUT2D eigenvalue weighted by molar-refractivity contribution is 7.85. The molecule has 0 atom stereocenters. The average molecular weight is 196 g/mol. The normalized spacial score (nSPS) is 13.3. The van der Waals surface area contributed by atoms with E-state index in [2.05, 4.69) is 0 Å². The van der Waals surface area contributed by atoms with E-state index in [-0.39, 0.29) is 5.75 Å². The lowest BCUT2D eigenvalue weighted by Gasteiger charge is -2.27. The van der Waals surface area contributed by atoms with E-state index in [1.807, 2.05) is 14.1 Å². The van der Waals surface area contributed by atoms with Crippen molar-refractivity contribution in [1.82, 2.24) is 0 Å². The Balaban J connectivity index is 3.72. The first-order valence-electron chi connectivity index (χ1n) is 3.72. The van der Waals surface area contributed by atoms with Gasteiger partial charge in [0.15, 0.2) is 0 Å². The third kappa shape index (κ3) is 6.53. The molecule has 0 spiro atoms. The molecule has 74 valence electrons. The highest BCUT2D eigenvalue weighted by Gasteiger charge is 2.11. The molecule has 0 aromatic rings. The van der Waals surface area contributed by atoms with Crippen LogP contribution in [-0.2, 0) is 10.1 Å². The molecule has 5 nitrogen and oxygen atoms in total. The van der Waals surface area contributed by atoms with Gasteiger partial charge < -0.3 is 9.04 Å². The maximum atomic E-state index is 10.2. The van der Waals surface area contributed by atoms with Gasteiger partial charge in [-0.05, 0) is 0 Å². The van der Waals surface area contributed by atoms with Gasteiger partial charge in [-0.3, -0.25) is 5.73 Å². The van der Waals surface area contributed by atoms with Gasteiger partial charge in [0.2, 0.25) is 0 Å². The smallest absolute Gasteiger partial charge is 0.129 e. The van der Waals surface area contributed by atoms with Crippen molar-refractivity contribution in [3.63, 3.8) is 0 Å². The number of hydrogen-bond donors (Lipinski definition) is 1. The monoisotopic (exact) mass is 196 g/mol. The zero-order valence-electron chi connectivity index (χ0n) is 7.49. The molecule has 0 aliphatic rings. The second kappa shape index (κ2) is 4.18. The van der Waals surface area contributed by atoms with Crippen LogP contribution in [0.5, 0.6) is 0 Å². The number of nitrogens with zero attached hydrogens (tertiary/aromatic N) is 1. The number of hydrogen-bond acceptors (Lipinski definition) is 4. The maximum absolute atomic E-state index is 10.2. The van der Waals surface area contributed by atoms with Crippen molar-refractivity contribution in [2.24, 2.45) is 5.73 Å². The minimum absolute atomic E-state index is 0.297. The molecule has 0 unspecified atom stereocenters. The summed E-state index contributed by atoms with van der Waals surface area (Å²) in [7, 11) is -0.283. The summed E-state index contributed by atoms with van der Waals surface area (Å²) in [4.78, 5) is 0. The van der Waals surface area contributed by atoms with E-state index in [9.17, 15) is 13.0 Å². The fourth-order valence-corrected chi connectivity index (χ4v) is 1.24. The van der Waals surface area contributed by atoms with Crippen LogP contribution < -0.4 is 5.73 Å². The Morgan fingerprint density at radius 1 is 1.42 bits per heavy atom. The van der Waals surface area contributed by atoms with Crippen LogP contribution in [0, 0.1) is 0 Å². The third-order valence-corrected chi connectivity index (χ3v) is 2.44. The van der Waals surface area contributed by atoms with E-state index in [0.29, 0.717) is 24.1 Å². The van der Waals surface area contributed by atoms with Gasteiger partial charge in [-0.1, -0.05) is 0 Å². The zero-order valence-corrected chi connectivity index (χ0v) is 8.30. The summed E-state index contributed by atoms with van der Waals surface area (Å²) < 4.78 is 31.2. The van der Waals surface area contributed by atoms with E-state index >= 15 is 0 Å². The van der Waals surface area contributed by atoms with Gasteiger partial charge in [-0.2, -0.15) is 0 Å². The molecule has 0 saturated heterocycles. The van der Waals surface area contributed by atoms with Gasteiger partial charge in [0, 0.05) is 12.2 Å². The molecule has 0 aliphatic carbocycles. The Morgan fingerprint density at radius 2 is 1.92 bits per heavy atom. The van der Waals surface area contributed by atoms with Crippen molar-refractivity contribution < 1.29 is 17.5 Å². The Hall–Kier alpha value is -0.170. The first-order chi connectivity index (χ1) is 5.27. The van der Waals surface area contributed by atoms with E-state index in [1.165, 1.54) is 0 Å². The third-order valence-electron chi connectivity index (χ3n) is 1.65. The first kappa shape index (κ1) is 11.8. The molecule has 0 aliphatic heterocycles. The second-order valence-corrected chi connectivity index (χ2v) is 4.98. The molecule has 6 heteroatoms. The van der Waals surface area contributed by atoms with Crippen molar-refractivity contribution in [3.05, 3.63) is 0 Å². The molecule has 0 heterocycles. The lowest BCUT2D eigenvalue weighted by molar-refractivity contribution is -0.889. The van der Waals surface area contributed by atoms with Crippen molar-refractivity contribution in [1.29, 1.82) is 0 Å². The topological polar surface area (TPSA) is 83.2 Å². The SMILES string of the molecule is C[N+](C)(CN)CCCS(=O)(=O)[O-]. The first-order valence-corrected chi connectivity index (χ1v) is 5.30. The Labute approximate surface area is 73.5 Å². The summed E-state index contributed by atoms with van der Waals surface area (Å²) in [5, 5.41) is 0. The number of quaternary nitrogens is 1. The summed E-state index contributed by atoms with van der Waals surface area (Å²) in [6.07, 6.45) is 0.371. The molecule has 2 N–H and O–H groups in total. The highest BCUT2D eigenvalue weighted by Crippen LogP contribution is 1.97. The molecule has 0 aromatic carbocycles. The van der Waals surface area contributed by atoms with E-state index in [0.717, 1.165) is 0 Å². The molecular weight excluding hydrogens is 180 g/mol. The average Bonchev–Trinajstić information content (AvgIpc) is 1.84.